The molecule has 2 fully saturated rings. The molecule has 3 aliphatic rings. The third-order valence-electron chi connectivity index (χ3n) is 11.4. The van der Waals surface area contributed by atoms with E-state index in [-0.39, 0.29) is 28.9 Å². The predicted molar refractivity (Wildman–Crippen MR) is 172 cm³/mol. The van der Waals surface area contributed by atoms with Gasteiger partial charge in [-0.2, -0.15) is 0 Å². The van der Waals surface area contributed by atoms with Gasteiger partial charge in [0.05, 0.1) is 6.10 Å². The Bertz CT molecular complexity index is 1190. The first-order valence-corrected chi connectivity index (χ1v) is 17.3. The van der Waals surface area contributed by atoms with Crippen molar-refractivity contribution in [1.82, 2.24) is 4.90 Å². The summed E-state index contributed by atoms with van der Waals surface area (Å²) in [5.74, 6) is 1.25. The van der Waals surface area contributed by atoms with Gasteiger partial charge in [-0.25, -0.2) is 4.39 Å². The lowest BCUT2D eigenvalue weighted by molar-refractivity contribution is -0.131. The maximum Gasteiger partial charge on any atom is 0.222 e. The van der Waals surface area contributed by atoms with Gasteiger partial charge in [-0.1, -0.05) is 75.9 Å². The van der Waals surface area contributed by atoms with Crippen LogP contribution in [0.2, 0.25) is 0 Å². The van der Waals surface area contributed by atoms with Gasteiger partial charge in [0.15, 0.2) is 0 Å². The summed E-state index contributed by atoms with van der Waals surface area (Å²) in [7, 11) is 0. The van der Waals surface area contributed by atoms with E-state index in [1.165, 1.54) is 18.4 Å². The van der Waals surface area contributed by atoms with Crippen molar-refractivity contribution < 1.29 is 19.4 Å². The van der Waals surface area contributed by atoms with Gasteiger partial charge in [0.1, 0.15) is 11.9 Å². The third-order valence-corrected chi connectivity index (χ3v) is 11.4. The second-order valence-electron chi connectivity index (χ2n) is 14.2. The molecule has 4 nitrogen and oxygen atoms in total. The van der Waals surface area contributed by atoms with Crippen LogP contribution in [0.3, 0.4) is 0 Å². The summed E-state index contributed by atoms with van der Waals surface area (Å²) in [6.45, 7) is 5.97. The molecule has 0 bridgehead atoms. The number of amides is 1. The molecule has 0 radical (unpaired) electrons. The van der Waals surface area contributed by atoms with Crippen LogP contribution in [0.5, 0.6) is 5.75 Å². The topological polar surface area (TPSA) is 60.8 Å². The van der Waals surface area contributed by atoms with E-state index in [9.17, 15) is 15.0 Å². The van der Waals surface area contributed by atoms with Crippen molar-refractivity contribution in [3.8, 4) is 5.75 Å². The van der Waals surface area contributed by atoms with Gasteiger partial charge in [-0.05, 0) is 110 Å². The van der Waals surface area contributed by atoms with Crippen LogP contribution >= 0.6 is 0 Å². The van der Waals surface area contributed by atoms with Crippen molar-refractivity contribution >= 4 is 5.91 Å². The van der Waals surface area contributed by atoms with Crippen molar-refractivity contribution in [3.05, 3.63) is 65.2 Å². The molecule has 0 aromatic heterocycles. The monoisotopic (exact) mass is 591 g/mol. The van der Waals surface area contributed by atoms with E-state index in [4.69, 9.17) is 0 Å². The first-order valence-electron chi connectivity index (χ1n) is 17.3. The maximum absolute atomic E-state index is 16.1. The molecule has 2 saturated carbocycles. The van der Waals surface area contributed by atoms with Gasteiger partial charge in [-0.15, -0.1) is 0 Å². The van der Waals surface area contributed by atoms with E-state index < -0.39 is 12.3 Å². The minimum Gasteiger partial charge on any atom is -0.508 e. The van der Waals surface area contributed by atoms with Crippen LogP contribution in [-0.4, -0.2) is 46.4 Å². The van der Waals surface area contributed by atoms with Crippen molar-refractivity contribution in [1.29, 1.82) is 0 Å². The maximum atomic E-state index is 16.1. The van der Waals surface area contributed by atoms with Crippen molar-refractivity contribution in [3.63, 3.8) is 0 Å². The van der Waals surface area contributed by atoms with Crippen molar-refractivity contribution in [2.45, 2.75) is 122 Å². The fourth-order valence-electron chi connectivity index (χ4n) is 9.08. The van der Waals surface area contributed by atoms with Crippen LogP contribution in [-0.2, 0) is 17.6 Å². The highest BCUT2D eigenvalue weighted by Gasteiger charge is 2.59. The van der Waals surface area contributed by atoms with Gasteiger partial charge in [0, 0.05) is 25.4 Å². The molecule has 236 valence electrons. The summed E-state index contributed by atoms with van der Waals surface area (Å²) >= 11 is 0. The van der Waals surface area contributed by atoms with Gasteiger partial charge in [0.25, 0.3) is 0 Å². The number of aliphatic hydroxyl groups excluding tert-OH is 1. The minimum atomic E-state index is -0.975. The van der Waals surface area contributed by atoms with E-state index >= 15 is 4.39 Å². The number of carbonyl (C=O) groups excluding carboxylic acids is 1. The summed E-state index contributed by atoms with van der Waals surface area (Å²) in [4.78, 5) is 15.4. The SMILES string of the molecule is CCCCCCN(CCCC[C@@H]1Cc2cc(O)ccc2C2C1C1CC[C@H](O)[C@@]1(C)C[C@@H]2F)C(=O)CCCc1ccccc1. The molecule has 2 aromatic rings. The fourth-order valence-corrected chi connectivity index (χ4v) is 9.08. The quantitative estimate of drug-likeness (QED) is 0.217. The van der Waals surface area contributed by atoms with Crippen LogP contribution in [0, 0.1) is 23.2 Å². The summed E-state index contributed by atoms with van der Waals surface area (Å²) in [5.41, 5.74) is 3.11. The van der Waals surface area contributed by atoms with Gasteiger partial charge in [0.2, 0.25) is 5.91 Å². The number of aromatic hydroxyl groups is 1. The molecule has 2 aromatic carbocycles. The average molecular weight is 592 g/mol. The Morgan fingerprint density at radius 2 is 1.77 bits per heavy atom. The molecule has 3 aliphatic carbocycles. The third kappa shape index (κ3) is 7.30. The molecule has 0 aliphatic heterocycles. The van der Waals surface area contributed by atoms with E-state index in [2.05, 4.69) is 43.0 Å². The Morgan fingerprint density at radius 1 is 1.00 bits per heavy atom. The molecule has 1 amide bonds. The molecule has 3 unspecified atom stereocenters. The number of nitrogens with zero attached hydrogens (tertiary/aromatic N) is 1. The number of rotatable bonds is 14. The largest absolute Gasteiger partial charge is 0.508 e. The number of unbranched alkanes of at least 4 members (excludes halogenated alkanes) is 4. The highest BCUT2D eigenvalue weighted by Crippen LogP contribution is 2.63. The number of aryl methyl sites for hydroxylation is 1. The smallest absolute Gasteiger partial charge is 0.222 e. The Kier molecular flexibility index (Phi) is 10.9. The van der Waals surface area contributed by atoms with Crippen molar-refractivity contribution in [2.75, 3.05) is 13.1 Å². The Balaban J connectivity index is 1.22. The zero-order valence-corrected chi connectivity index (χ0v) is 26.5. The molecular formula is C38H54FNO3. The number of aliphatic hydroxyl groups is 1. The lowest BCUT2D eigenvalue weighted by atomic mass is 9.51. The van der Waals surface area contributed by atoms with Crippen LogP contribution < -0.4 is 0 Å². The number of alkyl halides is 1. The van der Waals surface area contributed by atoms with E-state index in [1.54, 1.807) is 6.07 Å². The Hall–Kier alpha value is -2.40. The number of phenols is 1. The van der Waals surface area contributed by atoms with Gasteiger partial charge in [-0.3, -0.25) is 4.79 Å². The number of hydrogen-bond acceptors (Lipinski definition) is 3. The van der Waals surface area contributed by atoms with E-state index in [0.29, 0.717) is 24.7 Å². The fraction of sp³-hybridized carbons (Fsp3) is 0.658. The predicted octanol–water partition coefficient (Wildman–Crippen LogP) is 8.39. The zero-order chi connectivity index (χ0) is 30.4. The standard InChI is InChI=1S/C38H54FNO3/c1-3-4-5-10-22-40(35(43)17-12-15-27-13-7-6-8-14-27)23-11-9-16-28-24-29-25-30(41)18-19-31(29)37-33(39)26-38(2)32(36(28)37)20-21-34(38)42/h6-8,13-14,18-19,25,28,32-34,36-37,41-42H,3-5,9-12,15-17,20-24,26H2,1-2H3/t28-,32?,33+,34+,36?,37?,38+/m1/s1. The van der Waals surface area contributed by atoms with Crippen LogP contribution in [0.4, 0.5) is 4.39 Å². The molecule has 0 saturated heterocycles. The van der Waals surface area contributed by atoms with Gasteiger partial charge >= 0.3 is 0 Å². The molecule has 43 heavy (non-hydrogen) atoms. The molecule has 5 heteroatoms. The molecule has 5 rings (SSSR count). The zero-order valence-electron chi connectivity index (χ0n) is 26.5. The van der Waals surface area contributed by atoms with E-state index in [1.807, 2.05) is 18.2 Å². The first-order chi connectivity index (χ1) is 20.8. The second kappa shape index (κ2) is 14.6. The lowest BCUT2D eigenvalue weighted by Crippen LogP contribution is -2.51. The minimum absolute atomic E-state index is 0.154. The first kappa shape index (κ1) is 32.0. The number of fused-ring (bicyclic) bond motifs is 5. The average Bonchev–Trinajstić information content (AvgIpc) is 3.29. The summed E-state index contributed by atoms with van der Waals surface area (Å²) in [6.07, 6.45) is 11.6. The molecule has 0 spiro atoms. The number of halogens is 1. The Labute approximate surface area is 259 Å². The second-order valence-corrected chi connectivity index (χ2v) is 14.2. The molecule has 7 atom stereocenters. The number of benzene rings is 2. The summed E-state index contributed by atoms with van der Waals surface area (Å²) < 4.78 is 16.1. The molecular weight excluding hydrogens is 537 g/mol. The Morgan fingerprint density at radius 3 is 2.53 bits per heavy atom. The van der Waals surface area contributed by atoms with Crippen LogP contribution in [0.25, 0.3) is 0 Å². The summed E-state index contributed by atoms with van der Waals surface area (Å²) in [5, 5.41) is 21.2. The summed E-state index contributed by atoms with van der Waals surface area (Å²) in [6, 6.07) is 15.9. The van der Waals surface area contributed by atoms with Crippen LogP contribution in [0.1, 0.15) is 114 Å². The van der Waals surface area contributed by atoms with E-state index in [0.717, 1.165) is 88.4 Å². The van der Waals surface area contributed by atoms with Crippen molar-refractivity contribution in [2.24, 2.45) is 23.2 Å². The highest BCUT2D eigenvalue weighted by atomic mass is 19.1. The number of carbonyl (C=O) groups is 1. The van der Waals surface area contributed by atoms with Crippen LogP contribution in [0.15, 0.2) is 48.5 Å². The molecule has 0 heterocycles. The highest BCUT2D eigenvalue weighted by molar-refractivity contribution is 5.76. The van der Waals surface area contributed by atoms with Gasteiger partial charge < -0.3 is 15.1 Å². The number of hydrogen-bond donors (Lipinski definition) is 2. The molecule has 2 N–H and O–H groups in total. The lowest BCUT2D eigenvalue weighted by Gasteiger charge is -2.54. The number of phenolic OH excluding ortho intramolecular Hbond substituents is 1. The normalized spacial score (nSPS) is 29.5.